The summed E-state index contributed by atoms with van der Waals surface area (Å²) in [5.41, 5.74) is 1.96. The van der Waals surface area contributed by atoms with Gasteiger partial charge in [0, 0.05) is 17.2 Å². The summed E-state index contributed by atoms with van der Waals surface area (Å²) in [7, 11) is 0. The fourth-order valence-corrected chi connectivity index (χ4v) is 1.55. The molecule has 0 aromatic carbocycles. The van der Waals surface area contributed by atoms with Crippen molar-refractivity contribution in [3.05, 3.63) is 35.6 Å². The monoisotopic (exact) mass is 205 g/mol. The Morgan fingerprint density at radius 3 is 2.80 bits per heavy atom. The minimum atomic E-state index is -0.214. The molecule has 0 unspecified atom stereocenters. The van der Waals surface area contributed by atoms with Gasteiger partial charge in [0.1, 0.15) is 17.2 Å². The summed E-state index contributed by atoms with van der Waals surface area (Å²) in [5.74, 6) is 0.595. The zero-order valence-electron chi connectivity index (χ0n) is 8.97. The van der Waals surface area contributed by atoms with E-state index < -0.39 is 0 Å². The van der Waals surface area contributed by atoms with Crippen LogP contribution < -0.4 is 0 Å². The first-order valence-electron chi connectivity index (χ1n) is 4.78. The number of hydrogen-bond donors (Lipinski definition) is 0. The van der Waals surface area contributed by atoms with Gasteiger partial charge in [-0.3, -0.25) is 4.98 Å². The molecular weight excluding hydrogens is 193 g/mol. The van der Waals surface area contributed by atoms with Crippen LogP contribution in [0.1, 0.15) is 25.3 Å². The minimum absolute atomic E-state index is 0.214. The lowest BCUT2D eigenvalue weighted by atomic mass is 10.1. The third-order valence-electron chi connectivity index (χ3n) is 2.44. The van der Waals surface area contributed by atoms with E-state index in [1.807, 2.05) is 13.0 Å². The molecule has 3 heteroatoms. The molecule has 0 spiro atoms. The van der Waals surface area contributed by atoms with Crippen molar-refractivity contribution in [2.24, 2.45) is 0 Å². The van der Waals surface area contributed by atoms with E-state index in [-0.39, 0.29) is 5.83 Å². The Kier molecular flexibility index (Phi) is 2.31. The van der Waals surface area contributed by atoms with E-state index >= 15 is 0 Å². The standard InChI is InChI=1S/C12H12FNO/c1-7-6-10-11(15-7)4-5-14-12(10)8(2)9(3)13/h4-6H,1-3H3/b9-8-. The van der Waals surface area contributed by atoms with Crippen LogP contribution in [0.15, 0.2) is 28.6 Å². The van der Waals surface area contributed by atoms with Crippen molar-refractivity contribution in [2.75, 3.05) is 0 Å². The first-order chi connectivity index (χ1) is 7.09. The molecule has 0 atom stereocenters. The molecule has 2 rings (SSSR count). The first-order valence-corrected chi connectivity index (χ1v) is 4.78. The van der Waals surface area contributed by atoms with Crippen LogP contribution in [-0.4, -0.2) is 4.98 Å². The van der Waals surface area contributed by atoms with E-state index in [1.54, 1.807) is 19.2 Å². The number of nitrogens with zero attached hydrogens (tertiary/aromatic N) is 1. The number of halogens is 1. The molecule has 2 heterocycles. The Hall–Kier alpha value is -1.64. The summed E-state index contributed by atoms with van der Waals surface area (Å²) < 4.78 is 18.6. The molecular formula is C12H12FNO. The van der Waals surface area contributed by atoms with Gasteiger partial charge in [-0.25, -0.2) is 4.39 Å². The van der Waals surface area contributed by atoms with Gasteiger partial charge in [0.15, 0.2) is 0 Å². The van der Waals surface area contributed by atoms with Gasteiger partial charge in [0.2, 0.25) is 0 Å². The topological polar surface area (TPSA) is 26.0 Å². The zero-order valence-corrected chi connectivity index (χ0v) is 8.97. The molecule has 78 valence electrons. The highest BCUT2D eigenvalue weighted by molar-refractivity contribution is 5.89. The minimum Gasteiger partial charge on any atom is -0.461 e. The highest BCUT2D eigenvalue weighted by Gasteiger charge is 2.10. The van der Waals surface area contributed by atoms with Gasteiger partial charge in [-0.1, -0.05) is 0 Å². The fourth-order valence-electron chi connectivity index (χ4n) is 1.55. The Bertz CT molecular complexity index is 536. The first kappa shape index (κ1) is 9.90. The quantitative estimate of drug-likeness (QED) is 0.706. The van der Waals surface area contributed by atoms with Gasteiger partial charge < -0.3 is 4.42 Å². The van der Waals surface area contributed by atoms with Crippen molar-refractivity contribution in [3.63, 3.8) is 0 Å². The maximum absolute atomic E-state index is 13.1. The van der Waals surface area contributed by atoms with Crippen LogP contribution in [0.25, 0.3) is 16.5 Å². The van der Waals surface area contributed by atoms with E-state index in [0.717, 1.165) is 16.7 Å². The van der Waals surface area contributed by atoms with Crippen LogP contribution >= 0.6 is 0 Å². The van der Waals surface area contributed by atoms with Crippen molar-refractivity contribution in [1.82, 2.24) is 4.98 Å². The number of rotatable bonds is 1. The molecule has 0 N–H and O–H groups in total. The number of hydrogen-bond acceptors (Lipinski definition) is 2. The lowest BCUT2D eigenvalue weighted by Gasteiger charge is -2.01. The summed E-state index contributed by atoms with van der Waals surface area (Å²) in [6, 6.07) is 3.66. The summed E-state index contributed by atoms with van der Waals surface area (Å²) in [5, 5.41) is 0.865. The average Bonchev–Trinajstić information content (AvgIpc) is 2.56. The largest absolute Gasteiger partial charge is 0.461 e. The third-order valence-corrected chi connectivity index (χ3v) is 2.44. The predicted molar refractivity (Wildman–Crippen MR) is 58.1 cm³/mol. The van der Waals surface area contributed by atoms with Crippen LogP contribution in [-0.2, 0) is 0 Å². The highest BCUT2D eigenvalue weighted by atomic mass is 19.1. The van der Waals surface area contributed by atoms with Crippen LogP contribution in [0.3, 0.4) is 0 Å². The van der Waals surface area contributed by atoms with Gasteiger partial charge in [0.05, 0.1) is 5.69 Å². The lowest BCUT2D eigenvalue weighted by Crippen LogP contribution is -1.87. The number of aromatic nitrogens is 1. The fraction of sp³-hybridized carbons (Fsp3) is 0.250. The molecule has 15 heavy (non-hydrogen) atoms. The second kappa shape index (κ2) is 3.50. The van der Waals surface area contributed by atoms with Crippen molar-refractivity contribution in [1.29, 1.82) is 0 Å². The van der Waals surface area contributed by atoms with Gasteiger partial charge in [0.25, 0.3) is 0 Å². The Morgan fingerprint density at radius 1 is 1.40 bits per heavy atom. The van der Waals surface area contributed by atoms with E-state index in [1.165, 1.54) is 6.92 Å². The van der Waals surface area contributed by atoms with Gasteiger partial charge >= 0.3 is 0 Å². The second-order valence-corrected chi connectivity index (χ2v) is 3.59. The number of pyridine rings is 1. The smallest absolute Gasteiger partial charge is 0.137 e. The molecule has 0 bridgehead atoms. The Balaban J connectivity index is 2.76. The van der Waals surface area contributed by atoms with Crippen LogP contribution in [0.4, 0.5) is 4.39 Å². The molecule has 0 aliphatic heterocycles. The van der Waals surface area contributed by atoms with Crippen molar-refractivity contribution >= 4 is 16.5 Å². The van der Waals surface area contributed by atoms with E-state index in [9.17, 15) is 4.39 Å². The van der Waals surface area contributed by atoms with Crippen molar-refractivity contribution in [2.45, 2.75) is 20.8 Å². The zero-order chi connectivity index (χ0) is 11.0. The van der Waals surface area contributed by atoms with Crippen LogP contribution in [0, 0.1) is 6.92 Å². The third kappa shape index (κ3) is 1.65. The maximum Gasteiger partial charge on any atom is 0.137 e. The van der Waals surface area contributed by atoms with Gasteiger partial charge in [-0.2, -0.15) is 0 Å². The molecule has 0 saturated carbocycles. The number of aryl methyl sites for hydroxylation is 1. The molecule has 0 saturated heterocycles. The highest BCUT2D eigenvalue weighted by Crippen LogP contribution is 2.27. The summed E-state index contributed by atoms with van der Waals surface area (Å²) in [4.78, 5) is 4.18. The normalized spacial score (nSPS) is 13.1. The molecule has 0 amide bonds. The van der Waals surface area contributed by atoms with Gasteiger partial charge in [-0.05, 0) is 32.9 Å². The van der Waals surface area contributed by atoms with E-state index in [2.05, 4.69) is 4.98 Å². The summed E-state index contributed by atoms with van der Waals surface area (Å²) in [6.45, 7) is 5.02. The number of furan rings is 1. The second-order valence-electron chi connectivity index (χ2n) is 3.59. The van der Waals surface area contributed by atoms with Crippen molar-refractivity contribution < 1.29 is 8.81 Å². The molecule has 2 nitrogen and oxygen atoms in total. The van der Waals surface area contributed by atoms with Crippen LogP contribution in [0.2, 0.25) is 0 Å². The Morgan fingerprint density at radius 2 is 2.13 bits per heavy atom. The van der Waals surface area contributed by atoms with Crippen LogP contribution in [0.5, 0.6) is 0 Å². The molecule has 2 aromatic heterocycles. The maximum atomic E-state index is 13.1. The Labute approximate surface area is 87.4 Å². The summed E-state index contributed by atoms with van der Waals surface area (Å²) >= 11 is 0. The van der Waals surface area contributed by atoms with E-state index in [0.29, 0.717) is 11.3 Å². The molecule has 0 aliphatic carbocycles. The molecule has 0 fully saturated rings. The number of fused-ring (bicyclic) bond motifs is 1. The average molecular weight is 205 g/mol. The molecule has 0 radical (unpaired) electrons. The van der Waals surface area contributed by atoms with Gasteiger partial charge in [-0.15, -0.1) is 0 Å². The molecule has 0 aliphatic rings. The number of allylic oxidation sites excluding steroid dienone is 2. The van der Waals surface area contributed by atoms with Crippen molar-refractivity contribution in [3.8, 4) is 0 Å². The SMILES string of the molecule is C/C(F)=C(\C)c1nccc2oc(C)cc12. The predicted octanol–water partition coefficient (Wildman–Crippen LogP) is 3.86. The van der Waals surface area contributed by atoms with E-state index in [4.69, 9.17) is 4.42 Å². The molecule has 2 aromatic rings. The lowest BCUT2D eigenvalue weighted by molar-refractivity contribution is 0.578. The summed E-state index contributed by atoms with van der Waals surface area (Å²) in [6.07, 6.45) is 1.63.